The zero-order valence-corrected chi connectivity index (χ0v) is 11.8. The van der Waals surface area contributed by atoms with Crippen molar-refractivity contribution in [3.8, 4) is 5.75 Å². The van der Waals surface area contributed by atoms with Crippen molar-refractivity contribution < 1.29 is 19.0 Å². The smallest absolute Gasteiger partial charge is 0.340 e. The van der Waals surface area contributed by atoms with Crippen molar-refractivity contribution in [3.63, 3.8) is 0 Å². The highest BCUT2D eigenvalue weighted by Gasteiger charge is 2.12. The van der Waals surface area contributed by atoms with E-state index < -0.39 is 11.8 Å². The number of phenols is 1. The first-order valence-electron chi connectivity index (χ1n) is 6.41. The number of esters is 1. The Morgan fingerprint density at radius 2 is 2.05 bits per heavy atom. The molecule has 110 valence electrons. The molecular formula is C16H16FNO3. The quantitative estimate of drug-likeness (QED) is 0.848. The second kappa shape index (κ2) is 6.26. The summed E-state index contributed by atoms with van der Waals surface area (Å²) in [4.78, 5) is 11.4. The van der Waals surface area contributed by atoms with E-state index in [0.717, 1.165) is 11.1 Å². The number of benzene rings is 2. The van der Waals surface area contributed by atoms with Crippen LogP contribution in [0.15, 0.2) is 36.4 Å². The van der Waals surface area contributed by atoms with Crippen molar-refractivity contribution in [2.75, 3.05) is 12.4 Å². The zero-order chi connectivity index (χ0) is 15.4. The topological polar surface area (TPSA) is 58.6 Å². The van der Waals surface area contributed by atoms with Crippen LogP contribution in [0.5, 0.6) is 5.75 Å². The lowest BCUT2D eigenvalue weighted by molar-refractivity contribution is 0.0595. The van der Waals surface area contributed by atoms with E-state index in [2.05, 4.69) is 10.1 Å². The van der Waals surface area contributed by atoms with Crippen LogP contribution in [0.25, 0.3) is 0 Å². The van der Waals surface area contributed by atoms with Gasteiger partial charge in [-0.15, -0.1) is 0 Å². The standard InChI is InChI=1S/C16H16FNO3/c1-10-3-6-15(19)11(7-10)9-18-12-4-5-14(17)13(8-12)16(20)21-2/h3-8,18-19H,9H2,1-2H3. The van der Waals surface area contributed by atoms with Gasteiger partial charge in [0.1, 0.15) is 11.6 Å². The first-order chi connectivity index (χ1) is 10.0. The molecule has 0 unspecified atom stereocenters. The second-order valence-corrected chi connectivity index (χ2v) is 4.67. The molecule has 0 heterocycles. The van der Waals surface area contributed by atoms with Gasteiger partial charge >= 0.3 is 5.97 Å². The molecule has 4 nitrogen and oxygen atoms in total. The molecule has 2 aromatic carbocycles. The lowest BCUT2D eigenvalue weighted by atomic mass is 10.1. The van der Waals surface area contributed by atoms with E-state index in [1.54, 1.807) is 6.07 Å². The van der Waals surface area contributed by atoms with E-state index in [9.17, 15) is 14.3 Å². The maximum Gasteiger partial charge on any atom is 0.340 e. The van der Waals surface area contributed by atoms with Crippen LogP contribution in [0.1, 0.15) is 21.5 Å². The van der Waals surface area contributed by atoms with E-state index in [1.807, 2.05) is 19.1 Å². The lowest BCUT2D eigenvalue weighted by Crippen LogP contribution is -2.06. The molecule has 5 heteroatoms. The van der Waals surface area contributed by atoms with Crippen molar-refractivity contribution in [2.24, 2.45) is 0 Å². The monoisotopic (exact) mass is 289 g/mol. The lowest BCUT2D eigenvalue weighted by Gasteiger charge is -2.10. The minimum Gasteiger partial charge on any atom is -0.508 e. The summed E-state index contributed by atoms with van der Waals surface area (Å²) < 4.78 is 18.0. The Bertz CT molecular complexity index is 671. The van der Waals surface area contributed by atoms with E-state index in [0.29, 0.717) is 12.2 Å². The Hall–Kier alpha value is -2.56. The number of ether oxygens (including phenoxy) is 1. The van der Waals surface area contributed by atoms with Gasteiger partial charge in [-0.1, -0.05) is 17.7 Å². The molecule has 0 atom stereocenters. The highest BCUT2D eigenvalue weighted by atomic mass is 19.1. The summed E-state index contributed by atoms with van der Waals surface area (Å²) in [5.74, 6) is -1.18. The molecule has 0 radical (unpaired) electrons. The first-order valence-corrected chi connectivity index (χ1v) is 6.41. The molecule has 2 aromatic rings. The molecule has 2 N–H and O–H groups in total. The molecule has 0 aliphatic rings. The van der Waals surface area contributed by atoms with Gasteiger partial charge < -0.3 is 15.2 Å². The summed E-state index contributed by atoms with van der Waals surface area (Å²) in [6.45, 7) is 2.29. The molecular weight excluding hydrogens is 273 g/mol. The number of nitrogens with one attached hydrogen (secondary N) is 1. The molecule has 0 amide bonds. The molecule has 0 bridgehead atoms. The molecule has 0 saturated heterocycles. The van der Waals surface area contributed by atoms with Gasteiger partial charge in [0.2, 0.25) is 0 Å². The first kappa shape index (κ1) is 14.8. The highest BCUT2D eigenvalue weighted by Crippen LogP contribution is 2.21. The molecule has 0 saturated carbocycles. The van der Waals surface area contributed by atoms with Crippen molar-refractivity contribution in [1.82, 2.24) is 0 Å². The number of halogens is 1. The number of hydrogen-bond donors (Lipinski definition) is 2. The molecule has 2 rings (SSSR count). The van der Waals surface area contributed by atoms with Crippen LogP contribution in [-0.2, 0) is 11.3 Å². The molecule has 0 fully saturated rings. The predicted molar refractivity (Wildman–Crippen MR) is 77.9 cm³/mol. The minimum atomic E-state index is -0.727. The Morgan fingerprint density at radius 3 is 2.76 bits per heavy atom. The second-order valence-electron chi connectivity index (χ2n) is 4.67. The van der Waals surface area contributed by atoms with E-state index >= 15 is 0 Å². The Balaban J connectivity index is 2.17. The summed E-state index contributed by atoms with van der Waals surface area (Å²) in [5.41, 5.74) is 2.19. The van der Waals surface area contributed by atoms with Crippen LogP contribution < -0.4 is 5.32 Å². The fraction of sp³-hybridized carbons (Fsp3) is 0.188. The third-order valence-corrected chi connectivity index (χ3v) is 3.09. The number of anilines is 1. The molecule has 21 heavy (non-hydrogen) atoms. The number of hydrogen-bond acceptors (Lipinski definition) is 4. The van der Waals surface area contributed by atoms with Gasteiger partial charge in [-0.2, -0.15) is 0 Å². The molecule has 0 aliphatic heterocycles. The SMILES string of the molecule is COC(=O)c1cc(NCc2cc(C)ccc2O)ccc1F. The number of methoxy groups -OCH3 is 1. The van der Waals surface area contributed by atoms with Gasteiger partial charge in [-0.3, -0.25) is 0 Å². The van der Waals surface area contributed by atoms with Gasteiger partial charge in [-0.25, -0.2) is 9.18 Å². The zero-order valence-electron chi connectivity index (χ0n) is 11.8. The average Bonchev–Trinajstić information content (AvgIpc) is 2.48. The van der Waals surface area contributed by atoms with Crippen LogP contribution >= 0.6 is 0 Å². The largest absolute Gasteiger partial charge is 0.508 e. The van der Waals surface area contributed by atoms with Crippen molar-refractivity contribution in [1.29, 1.82) is 0 Å². The third-order valence-electron chi connectivity index (χ3n) is 3.09. The minimum absolute atomic E-state index is 0.129. The Kier molecular flexibility index (Phi) is 4.42. The van der Waals surface area contributed by atoms with Crippen molar-refractivity contribution in [3.05, 3.63) is 58.9 Å². The number of aromatic hydroxyl groups is 1. The van der Waals surface area contributed by atoms with Crippen molar-refractivity contribution in [2.45, 2.75) is 13.5 Å². The van der Waals surface area contributed by atoms with Crippen LogP contribution in [-0.4, -0.2) is 18.2 Å². The van der Waals surface area contributed by atoms with E-state index in [-0.39, 0.29) is 11.3 Å². The Morgan fingerprint density at radius 1 is 1.29 bits per heavy atom. The van der Waals surface area contributed by atoms with Gasteiger partial charge in [-0.05, 0) is 31.2 Å². The summed E-state index contributed by atoms with van der Waals surface area (Å²) >= 11 is 0. The maximum absolute atomic E-state index is 13.5. The number of phenolic OH excluding ortho intramolecular Hbond substituents is 1. The van der Waals surface area contributed by atoms with Gasteiger partial charge in [0, 0.05) is 17.8 Å². The fourth-order valence-corrected chi connectivity index (χ4v) is 1.95. The highest BCUT2D eigenvalue weighted by molar-refractivity contribution is 5.90. The van der Waals surface area contributed by atoms with Crippen LogP contribution in [0, 0.1) is 12.7 Å². The summed E-state index contributed by atoms with van der Waals surface area (Å²) in [6.07, 6.45) is 0. The predicted octanol–water partition coefficient (Wildman–Crippen LogP) is 3.24. The van der Waals surface area contributed by atoms with Gasteiger partial charge in [0.05, 0.1) is 12.7 Å². The number of carbonyl (C=O) groups excluding carboxylic acids is 1. The van der Waals surface area contributed by atoms with E-state index in [1.165, 1.54) is 25.3 Å². The van der Waals surface area contributed by atoms with Gasteiger partial charge in [0.25, 0.3) is 0 Å². The Labute approximate surface area is 122 Å². The van der Waals surface area contributed by atoms with Crippen LogP contribution in [0.2, 0.25) is 0 Å². The molecule has 0 spiro atoms. The van der Waals surface area contributed by atoms with Crippen molar-refractivity contribution >= 4 is 11.7 Å². The number of aryl methyl sites for hydroxylation is 1. The third kappa shape index (κ3) is 3.51. The number of carbonyl (C=O) groups is 1. The van der Waals surface area contributed by atoms with Gasteiger partial charge in [0.15, 0.2) is 0 Å². The molecule has 0 aromatic heterocycles. The molecule has 0 aliphatic carbocycles. The van der Waals surface area contributed by atoms with Crippen LogP contribution in [0.4, 0.5) is 10.1 Å². The average molecular weight is 289 g/mol. The normalized spacial score (nSPS) is 10.2. The van der Waals surface area contributed by atoms with Crippen LogP contribution in [0.3, 0.4) is 0 Å². The summed E-state index contributed by atoms with van der Waals surface area (Å²) in [5, 5.41) is 12.8. The summed E-state index contributed by atoms with van der Waals surface area (Å²) in [7, 11) is 1.20. The number of rotatable bonds is 4. The maximum atomic E-state index is 13.5. The summed E-state index contributed by atoms with van der Waals surface area (Å²) in [6, 6.07) is 9.39. The van der Waals surface area contributed by atoms with E-state index in [4.69, 9.17) is 0 Å². The fourth-order valence-electron chi connectivity index (χ4n) is 1.95.